The number of aromatic nitrogens is 3. The summed E-state index contributed by atoms with van der Waals surface area (Å²) >= 11 is 0. The number of anilines is 4. The van der Waals surface area contributed by atoms with Crippen molar-refractivity contribution in [2.45, 2.75) is 0 Å². The molecule has 0 amide bonds. The first-order chi connectivity index (χ1) is 14.7. The van der Waals surface area contributed by atoms with Crippen LogP contribution in [-0.2, 0) is 9.47 Å². The summed E-state index contributed by atoms with van der Waals surface area (Å²) in [4.78, 5) is 20.1. The minimum absolute atomic E-state index is 0.425. The Morgan fingerprint density at radius 1 is 0.867 bits per heavy atom. The van der Waals surface area contributed by atoms with E-state index in [-0.39, 0.29) is 0 Å². The van der Waals surface area contributed by atoms with Crippen molar-refractivity contribution < 1.29 is 9.47 Å². The third kappa shape index (κ3) is 5.14. The zero-order valence-corrected chi connectivity index (χ0v) is 17.5. The van der Waals surface area contributed by atoms with Gasteiger partial charge < -0.3 is 24.2 Å². The molecule has 30 heavy (non-hydrogen) atoms. The van der Waals surface area contributed by atoms with E-state index in [2.05, 4.69) is 47.3 Å². The van der Waals surface area contributed by atoms with Crippen LogP contribution >= 0.6 is 0 Å². The van der Waals surface area contributed by atoms with Crippen molar-refractivity contribution in [1.82, 2.24) is 15.0 Å². The molecule has 1 N–H and O–H groups in total. The van der Waals surface area contributed by atoms with E-state index in [0.717, 1.165) is 37.4 Å². The lowest BCUT2D eigenvalue weighted by atomic mass is 10.2. The molecule has 0 atom stereocenters. The van der Waals surface area contributed by atoms with Crippen LogP contribution in [0.25, 0.3) is 0 Å². The first kappa shape index (κ1) is 20.3. The number of hydrazone groups is 1. The summed E-state index contributed by atoms with van der Waals surface area (Å²) in [6.07, 6.45) is 1.76. The molecular formula is C20H28N8O2. The van der Waals surface area contributed by atoms with Crippen molar-refractivity contribution in [3.63, 3.8) is 0 Å². The number of nitrogens with zero attached hydrogens (tertiary/aromatic N) is 7. The molecule has 2 aliphatic heterocycles. The van der Waals surface area contributed by atoms with Crippen molar-refractivity contribution in [2.24, 2.45) is 5.10 Å². The molecule has 2 aromatic rings. The van der Waals surface area contributed by atoms with Crippen molar-refractivity contribution in [3.8, 4) is 0 Å². The topological polar surface area (TPSA) is 91.2 Å². The molecule has 10 nitrogen and oxygen atoms in total. The second kappa shape index (κ2) is 9.68. The number of hydrogen-bond donors (Lipinski definition) is 1. The number of nitrogens with one attached hydrogen (secondary N) is 1. The van der Waals surface area contributed by atoms with Gasteiger partial charge in [0.1, 0.15) is 0 Å². The summed E-state index contributed by atoms with van der Waals surface area (Å²) < 4.78 is 10.9. The van der Waals surface area contributed by atoms with E-state index < -0.39 is 0 Å². The van der Waals surface area contributed by atoms with Gasteiger partial charge in [0.05, 0.1) is 32.6 Å². The average molecular weight is 412 g/mol. The SMILES string of the molecule is CN(C)c1ccc(/C=N\Nc2nc(N3CCOCC3)nc(N3CCOCC3)n2)cc1. The predicted octanol–water partition coefficient (Wildman–Crippen LogP) is 1.06. The normalized spacial score (nSPS) is 17.4. The monoisotopic (exact) mass is 412 g/mol. The van der Waals surface area contributed by atoms with E-state index in [9.17, 15) is 0 Å². The van der Waals surface area contributed by atoms with E-state index in [1.54, 1.807) is 6.21 Å². The maximum atomic E-state index is 5.45. The van der Waals surface area contributed by atoms with Gasteiger partial charge in [0, 0.05) is 46.0 Å². The Morgan fingerprint density at radius 2 is 1.40 bits per heavy atom. The summed E-state index contributed by atoms with van der Waals surface area (Å²) in [6, 6.07) is 8.15. The molecule has 0 radical (unpaired) electrons. The van der Waals surface area contributed by atoms with Gasteiger partial charge in [0.2, 0.25) is 17.8 Å². The van der Waals surface area contributed by atoms with Gasteiger partial charge in [-0.15, -0.1) is 0 Å². The van der Waals surface area contributed by atoms with Gasteiger partial charge in [0.15, 0.2) is 0 Å². The summed E-state index contributed by atoms with van der Waals surface area (Å²) in [5.74, 6) is 1.71. The maximum absolute atomic E-state index is 5.45. The van der Waals surface area contributed by atoms with Crippen molar-refractivity contribution in [3.05, 3.63) is 29.8 Å². The lowest BCUT2D eigenvalue weighted by Crippen LogP contribution is -2.40. The third-order valence-electron chi connectivity index (χ3n) is 4.99. The minimum Gasteiger partial charge on any atom is -0.378 e. The molecular weight excluding hydrogens is 384 g/mol. The summed E-state index contributed by atoms with van der Waals surface area (Å²) in [6.45, 7) is 5.71. The van der Waals surface area contributed by atoms with Crippen molar-refractivity contribution in [1.29, 1.82) is 0 Å². The molecule has 2 aliphatic rings. The van der Waals surface area contributed by atoms with Crippen LogP contribution in [0.3, 0.4) is 0 Å². The van der Waals surface area contributed by atoms with Gasteiger partial charge in [-0.05, 0) is 17.7 Å². The molecule has 4 rings (SSSR count). The molecule has 1 aromatic carbocycles. The number of rotatable bonds is 6. The van der Waals surface area contributed by atoms with Crippen LogP contribution in [0, 0.1) is 0 Å². The number of morpholine rings is 2. The molecule has 0 aliphatic carbocycles. The highest BCUT2D eigenvalue weighted by Crippen LogP contribution is 2.19. The molecule has 2 saturated heterocycles. The number of ether oxygens (including phenoxy) is 2. The van der Waals surface area contributed by atoms with Crippen LogP contribution in [-0.4, -0.2) is 87.9 Å². The predicted molar refractivity (Wildman–Crippen MR) is 118 cm³/mol. The fourth-order valence-electron chi connectivity index (χ4n) is 3.24. The van der Waals surface area contributed by atoms with Crippen LogP contribution < -0.4 is 20.1 Å². The Kier molecular flexibility index (Phi) is 6.55. The van der Waals surface area contributed by atoms with Gasteiger partial charge in [-0.25, -0.2) is 5.43 Å². The minimum atomic E-state index is 0.425. The summed E-state index contributed by atoms with van der Waals surface area (Å²) in [7, 11) is 4.03. The van der Waals surface area contributed by atoms with Gasteiger partial charge in [-0.1, -0.05) is 12.1 Å². The van der Waals surface area contributed by atoms with Crippen molar-refractivity contribution in [2.75, 3.05) is 86.8 Å². The Balaban J connectivity index is 1.51. The Morgan fingerprint density at radius 3 is 1.90 bits per heavy atom. The van der Waals surface area contributed by atoms with E-state index in [0.29, 0.717) is 44.3 Å². The van der Waals surface area contributed by atoms with Gasteiger partial charge in [-0.3, -0.25) is 0 Å². The number of benzene rings is 1. The first-order valence-electron chi connectivity index (χ1n) is 10.2. The van der Waals surface area contributed by atoms with Crippen LogP contribution in [0.5, 0.6) is 0 Å². The maximum Gasteiger partial charge on any atom is 0.250 e. The largest absolute Gasteiger partial charge is 0.378 e. The standard InChI is InChI=1S/C20H28N8O2/c1-26(2)17-5-3-16(4-6-17)15-21-25-18-22-19(27-7-11-29-12-8-27)24-20(23-18)28-9-13-30-14-10-28/h3-6,15H,7-14H2,1-2H3,(H,22,23,24,25)/b21-15-. The highest BCUT2D eigenvalue weighted by Gasteiger charge is 2.20. The van der Waals surface area contributed by atoms with Gasteiger partial charge in [0.25, 0.3) is 0 Å². The first-order valence-corrected chi connectivity index (χ1v) is 10.2. The van der Waals surface area contributed by atoms with E-state index in [1.807, 2.05) is 26.2 Å². The molecule has 0 unspecified atom stereocenters. The third-order valence-corrected chi connectivity index (χ3v) is 4.99. The molecule has 3 heterocycles. The quantitative estimate of drug-likeness (QED) is 0.552. The van der Waals surface area contributed by atoms with E-state index in [1.165, 1.54) is 0 Å². The highest BCUT2D eigenvalue weighted by atomic mass is 16.5. The fourth-order valence-corrected chi connectivity index (χ4v) is 3.24. The van der Waals surface area contributed by atoms with Crippen LogP contribution in [0.15, 0.2) is 29.4 Å². The summed E-state index contributed by atoms with van der Waals surface area (Å²) in [5, 5.41) is 4.33. The second-order valence-corrected chi connectivity index (χ2v) is 7.31. The zero-order valence-electron chi connectivity index (χ0n) is 17.5. The van der Waals surface area contributed by atoms with E-state index >= 15 is 0 Å². The van der Waals surface area contributed by atoms with Crippen LogP contribution in [0.1, 0.15) is 5.56 Å². The molecule has 0 spiro atoms. The Labute approximate surface area is 176 Å². The molecule has 1 aromatic heterocycles. The van der Waals surface area contributed by atoms with Crippen LogP contribution in [0.2, 0.25) is 0 Å². The summed E-state index contributed by atoms with van der Waals surface area (Å²) in [5.41, 5.74) is 5.10. The van der Waals surface area contributed by atoms with Gasteiger partial charge in [-0.2, -0.15) is 20.1 Å². The van der Waals surface area contributed by atoms with E-state index in [4.69, 9.17) is 14.5 Å². The zero-order chi connectivity index (χ0) is 20.8. The Bertz CT molecular complexity index is 810. The fraction of sp³-hybridized carbons (Fsp3) is 0.500. The Hall–Kier alpha value is -2.98. The lowest BCUT2D eigenvalue weighted by molar-refractivity contribution is 0.121. The lowest BCUT2D eigenvalue weighted by Gasteiger charge is -2.30. The molecule has 0 bridgehead atoms. The molecule has 2 fully saturated rings. The average Bonchev–Trinajstić information content (AvgIpc) is 2.80. The smallest absolute Gasteiger partial charge is 0.250 e. The van der Waals surface area contributed by atoms with Crippen LogP contribution in [0.4, 0.5) is 23.5 Å². The van der Waals surface area contributed by atoms with Crippen molar-refractivity contribution >= 4 is 29.7 Å². The molecule has 0 saturated carbocycles. The number of hydrogen-bond acceptors (Lipinski definition) is 10. The molecule has 10 heteroatoms. The van der Waals surface area contributed by atoms with Gasteiger partial charge >= 0.3 is 0 Å². The second-order valence-electron chi connectivity index (χ2n) is 7.31. The highest BCUT2D eigenvalue weighted by molar-refractivity contribution is 5.80. The molecule has 160 valence electrons.